The summed E-state index contributed by atoms with van der Waals surface area (Å²) in [5, 5.41) is 2.98. The summed E-state index contributed by atoms with van der Waals surface area (Å²) in [5.74, 6) is -1.05. The normalized spacial score (nSPS) is 19.3. The monoisotopic (exact) mass is 402 g/mol. The fraction of sp³-hybridized carbons (Fsp3) is 0.476. The summed E-state index contributed by atoms with van der Waals surface area (Å²) in [6, 6.07) is 2.99. The van der Waals surface area contributed by atoms with Gasteiger partial charge in [0.25, 0.3) is 5.91 Å². The zero-order chi connectivity index (χ0) is 20.4. The van der Waals surface area contributed by atoms with Crippen LogP contribution in [0.4, 0.5) is 14.7 Å². The summed E-state index contributed by atoms with van der Waals surface area (Å²) in [6.45, 7) is 4.74. The third kappa shape index (κ3) is 4.22. The first-order valence-corrected chi connectivity index (χ1v) is 9.86. The smallest absolute Gasteiger partial charge is 0.257 e. The summed E-state index contributed by atoms with van der Waals surface area (Å²) in [7, 11) is 0. The van der Waals surface area contributed by atoms with Gasteiger partial charge in [-0.25, -0.2) is 18.7 Å². The molecule has 2 aliphatic heterocycles. The second-order valence-electron chi connectivity index (χ2n) is 7.92. The van der Waals surface area contributed by atoms with Crippen LogP contribution in [0.2, 0.25) is 0 Å². The molecule has 2 fully saturated rings. The summed E-state index contributed by atoms with van der Waals surface area (Å²) in [5.41, 5.74) is 0.930. The minimum absolute atomic E-state index is 0.0717. The van der Waals surface area contributed by atoms with Crippen molar-refractivity contribution in [3.8, 4) is 0 Å². The number of benzene rings is 1. The van der Waals surface area contributed by atoms with Gasteiger partial charge in [0.05, 0.1) is 11.6 Å². The lowest BCUT2D eigenvalue weighted by Crippen LogP contribution is -2.35. The highest BCUT2D eigenvalue weighted by Crippen LogP contribution is 2.40. The van der Waals surface area contributed by atoms with Crippen molar-refractivity contribution in [3.05, 3.63) is 53.4 Å². The molecule has 6 nitrogen and oxygen atoms in total. The summed E-state index contributed by atoms with van der Waals surface area (Å²) >= 11 is 0. The minimum Gasteiger partial charge on any atom is -0.381 e. The maximum Gasteiger partial charge on any atom is 0.257 e. The van der Waals surface area contributed by atoms with Gasteiger partial charge in [-0.3, -0.25) is 4.79 Å². The van der Waals surface area contributed by atoms with E-state index in [0.29, 0.717) is 11.1 Å². The van der Waals surface area contributed by atoms with Crippen LogP contribution in [0.3, 0.4) is 0 Å². The molecule has 3 heterocycles. The summed E-state index contributed by atoms with van der Waals surface area (Å²) in [6.07, 6.45) is 5.96. The van der Waals surface area contributed by atoms with Gasteiger partial charge in [-0.15, -0.1) is 0 Å². The van der Waals surface area contributed by atoms with Crippen LogP contribution < -0.4 is 5.32 Å². The molecule has 1 aromatic heterocycles. The third-order valence-corrected chi connectivity index (χ3v) is 5.95. The number of hydrogen-bond donors (Lipinski definition) is 1. The van der Waals surface area contributed by atoms with Gasteiger partial charge in [-0.1, -0.05) is 6.07 Å². The Labute approximate surface area is 168 Å². The number of hydrogen-bond acceptors (Lipinski definition) is 5. The second kappa shape index (κ2) is 8.02. The van der Waals surface area contributed by atoms with Crippen LogP contribution in [-0.4, -0.2) is 47.1 Å². The number of aromatic nitrogens is 2. The second-order valence-corrected chi connectivity index (χ2v) is 7.92. The van der Waals surface area contributed by atoms with E-state index in [0.717, 1.165) is 51.6 Å². The van der Waals surface area contributed by atoms with E-state index < -0.39 is 17.7 Å². The molecule has 4 rings (SSSR count). The van der Waals surface area contributed by atoms with Crippen LogP contribution in [0, 0.1) is 17.0 Å². The first-order chi connectivity index (χ1) is 14.0. The van der Waals surface area contributed by atoms with Gasteiger partial charge in [-0.05, 0) is 37.7 Å². The van der Waals surface area contributed by atoms with Crippen LogP contribution in [0.25, 0.3) is 0 Å². The fourth-order valence-electron chi connectivity index (χ4n) is 4.14. The van der Waals surface area contributed by atoms with E-state index in [1.165, 1.54) is 24.5 Å². The molecule has 0 unspecified atom stereocenters. The van der Waals surface area contributed by atoms with Crippen molar-refractivity contribution in [2.45, 2.75) is 32.2 Å². The molecule has 0 saturated carbocycles. The molecule has 2 aromatic rings. The van der Waals surface area contributed by atoms with Crippen molar-refractivity contribution in [2.24, 2.45) is 5.41 Å². The number of rotatable bonds is 4. The standard InChI is InChI=1S/C21H24F2N4O2/c1-14(17-3-2-16(22)10-18(17)23)26-20-24-11-15(12-25-20)19(28)27-7-4-21(13-27)5-8-29-9-6-21/h2-3,10-12,14H,4-9,13H2,1H3,(H,24,25,26)/t14-/m1/s1. The number of amides is 1. The Morgan fingerprint density at radius 2 is 1.93 bits per heavy atom. The Bertz CT molecular complexity index is 885. The predicted molar refractivity (Wildman–Crippen MR) is 103 cm³/mol. The Kier molecular flexibility index (Phi) is 5.45. The molecular formula is C21H24F2N4O2. The predicted octanol–water partition coefficient (Wildman–Crippen LogP) is 3.57. The number of carbonyl (C=O) groups excluding carboxylic acids is 1. The van der Waals surface area contributed by atoms with Crippen molar-refractivity contribution in [2.75, 3.05) is 31.6 Å². The SMILES string of the molecule is C[C@@H](Nc1ncc(C(=O)N2CCC3(CCOCC3)C2)cn1)c1ccc(F)cc1F. The molecule has 0 bridgehead atoms. The lowest BCUT2D eigenvalue weighted by molar-refractivity contribution is 0.0191. The van der Waals surface area contributed by atoms with Gasteiger partial charge in [0, 0.05) is 50.3 Å². The van der Waals surface area contributed by atoms with E-state index in [9.17, 15) is 13.6 Å². The van der Waals surface area contributed by atoms with Gasteiger partial charge >= 0.3 is 0 Å². The number of ether oxygens (including phenoxy) is 1. The molecule has 0 radical (unpaired) electrons. The topological polar surface area (TPSA) is 67.4 Å². The molecule has 154 valence electrons. The van der Waals surface area contributed by atoms with Crippen molar-refractivity contribution in [1.82, 2.24) is 14.9 Å². The van der Waals surface area contributed by atoms with Crippen molar-refractivity contribution >= 4 is 11.9 Å². The number of anilines is 1. The molecule has 1 amide bonds. The van der Waals surface area contributed by atoms with Crippen molar-refractivity contribution in [3.63, 3.8) is 0 Å². The molecule has 2 aliphatic rings. The van der Waals surface area contributed by atoms with E-state index in [1.807, 2.05) is 4.90 Å². The molecule has 29 heavy (non-hydrogen) atoms. The lowest BCUT2D eigenvalue weighted by Gasteiger charge is -2.33. The molecule has 1 N–H and O–H groups in total. The van der Waals surface area contributed by atoms with Gasteiger partial charge in [0.15, 0.2) is 0 Å². The van der Waals surface area contributed by atoms with Crippen LogP contribution in [0.5, 0.6) is 0 Å². The van der Waals surface area contributed by atoms with Crippen molar-refractivity contribution in [1.29, 1.82) is 0 Å². The molecule has 1 aromatic carbocycles. The zero-order valence-electron chi connectivity index (χ0n) is 16.3. The number of carbonyl (C=O) groups is 1. The largest absolute Gasteiger partial charge is 0.381 e. The van der Waals surface area contributed by atoms with Crippen LogP contribution in [0.1, 0.15) is 48.1 Å². The Hall–Kier alpha value is -2.61. The van der Waals surface area contributed by atoms with E-state index in [-0.39, 0.29) is 17.3 Å². The Balaban J connectivity index is 1.39. The summed E-state index contributed by atoms with van der Waals surface area (Å²) < 4.78 is 32.4. The third-order valence-electron chi connectivity index (χ3n) is 5.95. The van der Waals surface area contributed by atoms with Crippen LogP contribution >= 0.6 is 0 Å². The van der Waals surface area contributed by atoms with Gasteiger partial charge < -0.3 is 15.0 Å². The average Bonchev–Trinajstić information content (AvgIpc) is 3.11. The van der Waals surface area contributed by atoms with Gasteiger partial charge in [0.1, 0.15) is 11.6 Å². The van der Waals surface area contributed by atoms with Gasteiger partial charge in [-0.2, -0.15) is 0 Å². The quantitative estimate of drug-likeness (QED) is 0.847. The highest BCUT2D eigenvalue weighted by molar-refractivity contribution is 5.94. The molecular weight excluding hydrogens is 378 g/mol. The Morgan fingerprint density at radius 1 is 1.21 bits per heavy atom. The summed E-state index contributed by atoms with van der Waals surface area (Å²) in [4.78, 5) is 23.1. The van der Waals surface area contributed by atoms with E-state index in [4.69, 9.17) is 4.74 Å². The van der Waals surface area contributed by atoms with Crippen LogP contribution in [0.15, 0.2) is 30.6 Å². The average molecular weight is 402 g/mol. The molecule has 2 saturated heterocycles. The molecule has 8 heteroatoms. The first kappa shape index (κ1) is 19.7. The van der Waals surface area contributed by atoms with E-state index in [1.54, 1.807) is 6.92 Å². The maximum atomic E-state index is 13.9. The Morgan fingerprint density at radius 3 is 2.62 bits per heavy atom. The lowest BCUT2D eigenvalue weighted by atomic mass is 9.80. The number of halogens is 2. The van der Waals surface area contributed by atoms with Crippen molar-refractivity contribution < 1.29 is 18.3 Å². The van der Waals surface area contributed by atoms with E-state index >= 15 is 0 Å². The maximum absolute atomic E-state index is 13.9. The highest BCUT2D eigenvalue weighted by atomic mass is 19.1. The highest BCUT2D eigenvalue weighted by Gasteiger charge is 2.41. The molecule has 1 atom stereocenters. The van der Waals surface area contributed by atoms with Crippen LogP contribution in [-0.2, 0) is 4.74 Å². The zero-order valence-corrected chi connectivity index (χ0v) is 16.3. The number of likely N-dealkylation sites (tertiary alicyclic amines) is 1. The number of nitrogens with zero attached hydrogens (tertiary/aromatic N) is 3. The molecule has 0 aliphatic carbocycles. The first-order valence-electron chi connectivity index (χ1n) is 9.86. The number of nitrogens with one attached hydrogen (secondary N) is 1. The van der Waals surface area contributed by atoms with Gasteiger partial charge in [0.2, 0.25) is 5.95 Å². The van der Waals surface area contributed by atoms with E-state index in [2.05, 4.69) is 15.3 Å². The fourth-order valence-corrected chi connectivity index (χ4v) is 4.14. The minimum atomic E-state index is -0.632. The molecule has 1 spiro atoms.